The summed E-state index contributed by atoms with van der Waals surface area (Å²) < 4.78 is 5.66. The number of ether oxygens (including phenoxy) is 1. The minimum atomic E-state index is 0.0855. The Morgan fingerprint density at radius 2 is 0.806 bits per heavy atom. The van der Waals surface area contributed by atoms with Crippen LogP contribution in [0.5, 0.6) is 0 Å². The van der Waals surface area contributed by atoms with Crippen LogP contribution in [0.4, 0.5) is 0 Å². The average molecular weight is 439 g/mol. The van der Waals surface area contributed by atoms with E-state index < -0.39 is 0 Å². The van der Waals surface area contributed by atoms with Crippen LogP contribution in [0.1, 0.15) is 168 Å². The minimum absolute atomic E-state index is 0.0855. The second kappa shape index (κ2) is 25.7. The van der Waals surface area contributed by atoms with Gasteiger partial charge in [0.15, 0.2) is 0 Å². The van der Waals surface area contributed by atoms with E-state index in [4.69, 9.17) is 4.74 Å². The van der Waals surface area contributed by atoms with Gasteiger partial charge in [0.05, 0.1) is 12.5 Å². The zero-order valence-electron chi connectivity index (χ0n) is 21.9. The summed E-state index contributed by atoms with van der Waals surface area (Å²) in [7, 11) is 0. The molecular formula is C29H58O2. The van der Waals surface area contributed by atoms with Gasteiger partial charge in [0.2, 0.25) is 0 Å². The van der Waals surface area contributed by atoms with Crippen molar-refractivity contribution >= 4 is 5.97 Å². The lowest BCUT2D eigenvalue weighted by Gasteiger charge is -2.16. The monoisotopic (exact) mass is 438 g/mol. The standard InChI is InChI=1S/C29H58O2/c1-4-7-10-12-13-14-15-16-17-18-19-20-21-24-27-31-29(30)28(25-22-9-6-3)26-23-11-8-5-2/h28H,4-27H2,1-3H3. The quantitative estimate of drug-likeness (QED) is 0.105. The third kappa shape index (κ3) is 22.5. The van der Waals surface area contributed by atoms with Crippen LogP contribution < -0.4 is 0 Å². The third-order valence-electron chi connectivity index (χ3n) is 6.64. The van der Waals surface area contributed by atoms with Crippen molar-refractivity contribution in [2.45, 2.75) is 168 Å². The molecule has 2 nitrogen and oxygen atoms in total. The van der Waals surface area contributed by atoms with Gasteiger partial charge in [0.25, 0.3) is 0 Å². The van der Waals surface area contributed by atoms with Gasteiger partial charge >= 0.3 is 5.97 Å². The number of rotatable bonds is 25. The van der Waals surface area contributed by atoms with E-state index in [1.807, 2.05) is 0 Å². The van der Waals surface area contributed by atoms with E-state index in [9.17, 15) is 4.79 Å². The normalized spacial score (nSPS) is 12.2. The summed E-state index contributed by atoms with van der Waals surface area (Å²) in [6, 6.07) is 0. The van der Waals surface area contributed by atoms with Crippen molar-refractivity contribution in [3.8, 4) is 0 Å². The van der Waals surface area contributed by atoms with Crippen molar-refractivity contribution in [3.63, 3.8) is 0 Å². The molecule has 0 aromatic rings. The highest BCUT2D eigenvalue weighted by molar-refractivity contribution is 5.72. The lowest BCUT2D eigenvalue weighted by molar-refractivity contribution is -0.149. The Kier molecular flexibility index (Phi) is 25.3. The fourth-order valence-electron chi connectivity index (χ4n) is 4.43. The zero-order valence-corrected chi connectivity index (χ0v) is 21.9. The maximum Gasteiger partial charge on any atom is 0.308 e. The van der Waals surface area contributed by atoms with Crippen molar-refractivity contribution in [3.05, 3.63) is 0 Å². The number of carbonyl (C=O) groups is 1. The first-order chi connectivity index (χ1) is 15.3. The number of hydrogen-bond acceptors (Lipinski definition) is 2. The molecule has 0 saturated heterocycles. The van der Waals surface area contributed by atoms with Crippen molar-refractivity contribution in [2.75, 3.05) is 6.61 Å². The smallest absolute Gasteiger partial charge is 0.308 e. The first kappa shape index (κ1) is 30.5. The topological polar surface area (TPSA) is 26.3 Å². The van der Waals surface area contributed by atoms with Crippen molar-refractivity contribution in [1.82, 2.24) is 0 Å². The third-order valence-corrected chi connectivity index (χ3v) is 6.64. The summed E-state index contributed by atoms with van der Waals surface area (Å²) in [5, 5.41) is 0. The van der Waals surface area contributed by atoms with Gasteiger partial charge in [0.1, 0.15) is 0 Å². The molecule has 0 aliphatic rings. The van der Waals surface area contributed by atoms with Crippen LogP contribution >= 0.6 is 0 Å². The van der Waals surface area contributed by atoms with E-state index >= 15 is 0 Å². The molecule has 0 rings (SSSR count). The second-order valence-corrected chi connectivity index (χ2v) is 9.81. The van der Waals surface area contributed by atoms with Gasteiger partial charge in [-0.05, 0) is 19.3 Å². The molecule has 1 unspecified atom stereocenters. The Morgan fingerprint density at radius 3 is 1.26 bits per heavy atom. The molecule has 2 heteroatoms. The number of esters is 1. The summed E-state index contributed by atoms with van der Waals surface area (Å²) in [6.07, 6.45) is 29.7. The number of unbranched alkanes of at least 4 members (excludes halogenated alkanes) is 18. The summed E-state index contributed by atoms with van der Waals surface area (Å²) in [5.74, 6) is 0.234. The van der Waals surface area contributed by atoms with Gasteiger partial charge in [-0.2, -0.15) is 0 Å². The summed E-state index contributed by atoms with van der Waals surface area (Å²) >= 11 is 0. The summed E-state index contributed by atoms with van der Waals surface area (Å²) in [6.45, 7) is 7.39. The predicted octanol–water partition coefficient (Wildman–Crippen LogP) is 10.2. The first-order valence-corrected chi connectivity index (χ1v) is 14.4. The Morgan fingerprint density at radius 1 is 0.484 bits per heavy atom. The highest BCUT2D eigenvalue weighted by atomic mass is 16.5. The van der Waals surface area contributed by atoms with E-state index in [0.29, 0.717) is 6.61 Å². The molecule has 0 saturated carbocycles. The van der Waals surface area contributed by atoms with Gasteiger partial charge in [-0.25, -0.2) is 0 Å². The average Bonchev–Trinajstić information content (AvgIpc) is 2.78. The zero-order chi connectivity index (χ0) is 22.8. The van der Waals surface area contributed by atoms with Gasteiger partial charge in [0, 0.05) is 0 Å². The van der Waals surface area contributed by atoms with E-state index in [0.717, 1.165) is 19.3 Å². The van der Waals surface area contributed by atoms with E-state index in [2.05, 4.69) is 20.8 Å². The predicted molar refractivity (Wildman–Crippen MR) is 138 cm³/mol. The number of hydrogen-bond donors (Lipinski definition) is 0. The molecule has 0 bridgehead atoms. The second-order valence-electron chi connectivity index (χ2n) is 9.81. The van der Waals surface area contributed by atoms with Crippen LogP contribution in [0.15, 0.2) is 0 Å². The molecular weight excluding hydrogens is 380 g/mol. The van der Waals surface area contributed by atoms with Crippen molar-refractivity contribution in [1.29, 1.82) is 0 Å². The molecule has 31 heavy (non-hydrogen) atoms. The molecule has 0 amide bonds. The van der Waals surface area contributed by atoms with Crippen LogP contribution in [-0.2, 0) is 9.53 Å². The van der Waals surface area contributed by atoms with Gasteiger partial charge in [-0.15, -0.1) is 0 Å². The summed E-state index contributed by atoms with van der Waals surface area (Å²) in [5.41, 5.74) is 0. The molecule has 0 N–H and O–H groups in total. The van der Waals surface area contributed by atoms with Crippen LogP contribution in [-0.4, -0.2) is 12.6 Å². The van der Waals surface area contributed by atoms with Crippen LogP contribution in [0.2, 0.25) is 0 Å². The van der Waals surface area contributed by atoms with Crippen molar-refractivity contribution in [2.24, 2.45) is 5.92 Å². The van der Waals surface area contributed by atoms with Gasteiger partial charge < -0.3 is 4.74 Å². The Balaban J connectivity index is 3.58. The van der Waals surface area contributed by atoms with E-state index in [1.54, 1.807) is 0 Å². The van der Waals surface area contributed by atoms with Crippen LogP contribution in [0, 0.1) is 5.92 Å². The van der Waals surface area contributed by atoms with E-state index in [-0.39, 0.29) is 11.9 Å². The minimum Gasteiger partial charge on any atom is -0.465 e. The van der Waals surface area contributed by atoms with Gasteiger partial charge in [-0.1, -0.05) is 149 Å². The fourth-order valence-corrected chi connectivity index (χ4v) is 4.43. The largest absolute Gasteiger partial charge is 0.465 e. The SMILES string of the molecule is CCCCCCCCCCCCCCCCOC(=O)C(CCCCC)CCCCCC. The highest BCUT2D eigenvalue weighted by Crippen LogP contribution is 2.20. The highest BCUT2D eigenvalue weighted by Gasteiger charge is 2.19. The maximum atomic E-state index is 12.5. The maximum absolute atomic E-state index is 12.5. The molecule has 0 heterocycles. The van der Waals surface area contributed by atoms with Crippen LogP contribution in [0.25, 0.3) is 0 Å². The molecule has 1 atom stereocenters. The Hall–Kier alpha value is -0.530. The molecule has 0 fully saturated rings. The van der Waals surface area contributed by atoms with Crippen LogP contribution in [0.3, 0.4) is 0 Å². The molecule has 0 aromatic heterocycles. The molecule has 0 spiro atoms. The fraction of sp³-hybridized carbons (Fsp3) is 0.966. The Bertz CT molecular complexity index is 353. The Labute approximate surface area is 196 Å². The van der Waals surface area contributed by atoms with Gasteiger partial charge in [-0.3, -0.25) is 4.79 Å². The molecule has 0 aliphatic heterocycles. The number of carbonyl (C=O) groups excluding carboxylic acids is 1. The first-order valence-electron chi connectivity index (χ1n) is 14.4. The molecule has 186 valence electrons. The van der Waals surface area contributed by atoms with E-state index in [1.165, 1.54) is 128 Å². The lowest BCUT2D eigenvalue weighted by atomic mass is 9.95. The van der Waals surface area contributed by atoms with Crippen molar-refractivity contribution < 1.29 is 9.53 Å². The molecule has 0 radical (unpaired) electrons. The molecule has 0 aromatic carbocycles. The molecule has 0 aliphatic carbocycles. The summed E-state index contributed by atoms with van der Waals surface area (Å²) in [4.78, 5) is 12.5. The lowest BCUT2D eigenvalue weighted by Crippen LogP contribution is -2.18.